The second-order valence-electron chi connectivity index (χ2n) is 4.01. The first kappa shape index (κ1) is 12.4. The van der Waals surface area contributed by atoms with Crippen LogP contribution in [0, 0.1) is 11.8 Å². The maximum Gasteiger partial charge on any atom is 0.225 e. The fourth-order valence-corrected chi connectivity index (χ4v) is 2.24. The molecule has 1 aliphatic heterocycles. The Labute approximate surface area is 94.6 Å². The number of hydrogen-bond acceptors (Lipinski definition) is 3. The van der Waals surface area contributed by atoms with Crippen molar-refractivity contribution in [1.29, 1.82) is 0 Å². The molecule has 1 saturated heterocycles. The number of rotatable bonds is 5. The van der Waals surface area contributed by atoms with Gasteiger partial charge < -0.3 is 10.6 Å². The number of nitrogens with one attached hydrogen (secondary N) is 2. The monoisotopic (exact) mass is 230 g/mol. The van der Waals surface area contributed by atoms with Gasteiger partial charge in [0.15, 0.2) is 0 Å². The topological polar surface area (TPSA) is 58.2 Å². The van der Waals surface area contributed by atoms with Crippen LogP contribution >= 0.6 is 11.8 Å². The highest BCUT2D eigenvalue weighted by Gasteiger charge is 2.27. The van der Waals surface area contributed by atoms with Crippen LogP contribution in [0.5, 0.6) is 0 Å². The molecule has 1 rings (SSSR count). The lowest BCUT2D eigenvalue weighted by molar-refractivity contribution is -0.126. The zero-order valence-corrected chi connectivity index (χ0v) is 10.0. The number of hydrogen-bond donors (Lipinski definition) is 2. The first-order valence-corrected chi connectivity index (χ1v) is 6.56. The van der Waals surface area contributed by atoms with Crippen LogP contribution in [0.25, 0.3) is 0 Å². The van der Waals surface area contributed by atoms with Gasteiger partial charge in [-0.2, -0.15) is 11.8 Å². The minimum absolute atomic E-state index is 0.00121. The van der Waals surface area contributed by atoms with Crippen molar-refractivity contribution in [2.75, 3.05) is 25.1 Å². The van der Waals surface area contributed by atoms with Crippen LogP contribution in [0.15, 0.2) is 0 Å². The van der Waals surface area contributed by atoms with Gasteiger partial charge in [0.1, 0.15) is 0 Å². The second-order valence-corrected chi connectivity index (χ2v) is 4.92. The van der Waals surface area contributed by atoms with Crippen LogP contribution in [-0.2, 0) is 9.59 Å². The van der Waals surface area contributed by atoms with Gasteiger partial charge in [-0.05, 0) is 17.9 Å². The largest absolute Gasteiger partial charge is 0.355 e. The molecule has 2 atom stereocenters. The van der Waals surface area contributed by atoms with Gasteiger partial charge in [0, 0.05) is 19.5 Å². The van der Waals surface area contributed by atoms with Crippen molar-refractivity contribution in [1.82, 2.24) is 10.6 Å². The highest BCUT2D eigenvalue weighted by Crippen LogP contribution is 2.09. The predicted molar refractivity (Wildman–Crippen MR) is 61.7 cm³/mol. The van der Waals surface area contributed by atoms with Gasteiger partial charge in [0.05, 0.1) is 5.92 Å². The summed E-state index contributed by atoms with van der Waals surface area (Å²) in [5.41, 5.74) is 0. The van der Waals surface area contributed by atoms with E-state index >= 15 is 0 Å². The Kier molecular flexibility index (Phi) is 4.94. The summed E-state index contributed by atoms with van der Waals surface area (Å²) in [5.74, 6) is 1.34. The van der Waals surface area contributed by atoms with Crippen molar-refractivity contribution >= 4 is 23.6 Å². The van der Waals surface area contributed by atoms with E-state index in [0.717, 1.165) is 5.75 Å². The SMILES string of the molecule is CSCC(C)CNC(=O)C1CNC(=O)C1. The van der Waals surface area contributed by atoms with E-state index in [0.29, 0.717) is 25.4 Å². The van der Waals surface area contributed by atoms with E-state index in [-0.39, 0.29) is 17.7 Å². The van der Waals surface area contributed by atoms with Gasteiger partial charge in [-0.3, -0.25) is 9.59 Å². The van der Waals surface area contributed by atoms with Crippen molar-refractivity contribution in [3.63, 3.8) is 0 Å². The minimum Gasteiger partial charge on any atom is -0.355 e. The van der Waals surface area contributed by atoms with Crippen LogP contribution in [0.2, 0.25) is 0 Å². The summed E-state index contributed by atoms with van der Waals surface area (Å²) in [4.78, 5) is 22.5. The zero-order chi connectivity index (χ0) is 11.3. The van der Waals surface area contributed by atoms with E-state index in [1.165, 1.54) is 0 Å². The van der Waals surface area contributed by atoms with Crippen LogP contribution < -0.4 is 10.6 Å². The lowest BCUT2D eigenvalue weighted by atomic mass is 10.1. The molecule has 4 nitrogen and oxygen atoms in total. The van der Waals surface area contributed by atoms with Crippen molar-refractivity contribution in [3.8, 4) is 0 Å². The molecule has 1 aliphatic rings. The van der Waals surface area contributed by atoms with E-state index in [9.17, 15) is 9.59 Å². The first-order valence-electron chi connectivity index (χ1n) is 5.16. The molecular formula is C10H18N2O2S. The van der Waals surface area contributed by atoms with E-state index in [1.807, 2.05) is 0 Å². The molecule has 15 heavy (non-hydrogen) atoms. The van der Waals surface area contributed by atoms with E-state index in [4.69, 9.17) is 0 Å². The maximum absolute atomic E-state index is 11.6. The molecule has 0 spiro atoms. The third-order valence-electron chi connectivity index (χ3n) is 2.42. The standard InChI is InChI=1S/C10H18N2O2S/c1-7(6-15-2)4-12-10(14)8-3-9(13)11-5-8/h7-8H,3-6H2,1-2H3,(H,11,13)(H,12,14). The van der Waals surface area contributed by atoms with Gasteiger partial charge in [-0.25, -0.2) is 0 Å². The van der Waals surface area contributed by atoms with Crippen molar-refractivity contribution < 1.29 is 9.59 Å². The molecule has 0 aliphatic carbocycles. The fraction of sp³-hybridized carbons (Fsp3) is 0.800. The summed E-state index contributed by atoms with van der Waals surface area (Å²) in [5, 5.41) is 5.54. The summed E-state index contributed by atoms with van der Waals surface area (Å²) >= 11 is 1.78. The predicted octanol–water partition coefficient (Wildman–Crippen LogP) is 0.238. The number of amides is 2. The van der Waals surface area contributed by atoms with Gasteiger partial charge in [-0.1, -0.05) is 6.92 Å². The summed E-state index contributed by atoms with van der Waals surface area (Å²) < 4.78 is 0. The Morgan fingerprint density at radius 1 is 1.73 bits per heavy atom. The molecule has 0 bridgehead atoms. The Morgan fingerprint density at radius 3 is 3.00 bits per heavy atom. The fourth-order valence-electron chi connectivity index (χ4n) is 1.55. The Bertz CT molecular complexity index is 246. The van der Waals surface area contributed by atoms with Gasteiger partial charge in [-0.15, -0.1) is 0 Å². The van der Waals surface area contributed by atoms with Gasteiger partial charge in [0.2, 0.25) is 11.8 Å². The Morgan fingerprint density at radius 2 is 2.47 bits per heavy atom. The van der Waals surface area contributed by atoms with Crippen LogP contribution in [0.3, 0.4) is 0 Å². The number of carbonyl (C=O) groups excluding carboxylic acids is 2. The third-order valence-corrected chi connectivity index (χ3v) is 3.33. The molecule has 0 aromatic rings. The molecule has 5 heteroatoms. The second kappa shape index (κ2) is 6.00. The summed E-state index contributed by atoms with van der Waals surface area (Å²) in [6.07, 6.45) is 2.39. The van der Waals surface area contributed by atoms with Crippen LogP contribution in [0.1, 0.15) is 13.3 Å². The lowest BCUT2D eigenvalue weighted by Crippen LogP contribution is -2.35. The first-order chi connectivity index (χ1) is 7.13. The molecular weight excluding hydrogens is 212 g/mol. The average Bonchev–Trinajstić information content (AvgIpc) is 2.62. The minimum atomic E-state index is -0.168. The van der Waals surface area contributed by atoms with E-state index in [2.05, 4.69) is 23.8 Å². The zero-order valence-electron chi connectivity index (χ0n) is 9.21. The molecule has 1 heterocycles. The third kappa shape index (κ3) is 4.11. The molecule has 0 radical (unpaired) electrons. The Hall–Kier alpha value is -0.710. The van der Waals surface area contributed by atoms with E-state index < -0.39 is 0 Å². The van der Waals surface area contributed by atoms with E-state index in [1.54, 1.807) is 11.8 Å². The molecule has 0 saturated carbocycles. The molecule has 2 N–H and O–H groups in total. The average molecular weight is 230 g/mol. The maximum atomic E-state index is 11.6. The normalized spacial score (nSPS) is 22.3. The molecule has 0 aromatic carbocycles. The van der Waals surface area contributed by atoms with Gasteiger partial charge in [0.25, 0.3) is 0 Å². The van der Waals surface area contributed by atoms with Crippen molar-refractivity contribution in [2.24, 2.45) is 11.8 Å². The van der Waals surface area contributed by atoms with Gasteiger partial charge >= 0.3 is 0 Å². The highest BCUT2D eigenvalue weighted by atomic mass is 32.2. The summed E-state index contributed by atoms with van der Waals surface area (Å²) in [6.45, 7) is 3.29. The molecule has 2 unspecified atom stereocenters. The molecule has 1 fully saturated rings. The lowest BCUT2D eigenvalue weighted by Gasteiger charge is -2.13. The quantitative estimate of drug-likeness (QED) is 0.711. The summed E-state index contributed by atoms with van der Waals surface area (Å²) in [6, 6.07) is 0. The Balaban J connectivity index is 2.21. The van der Waals surface area contributed by atoms with Crippen LogP contribution in [0.4, 0.5) is 0 Å². The smallest absolute Gasteiger partial charge is 0.225 e. The van der Waals surface area contributed by atoms with Crippen LogP contribution in [-0.4, -0.2) is 36.9 Å². The molecule has 2 amide bonds. The number of carbonyl (C=O) groups is 2. The summed E-state index contributed by atoms with van der Waals surface area (Å²) in [7, 11) is 0. The molecule has 86 valence electrons. The molecule has 0 aromatic heterocycles. The van der Waals surface area contributed by atoms with Crippen molar-refractivity contribution in [2.45, 2.75) is 13.3 Å². The number of thioether (sulfide) groups is 1. The van der Waals surface area contributed by atoms with Crippen molar-refractivity contribution in [3.05, 3.63) is 0 Å². The highest BCUT2D eigenvalue weighted by molar-refractivity contribution is 7.98.